The summed E-state index contributed by atoms with van der Waals surface area (Å²) in [6.45, 7) is 1.92. The summed E-state index contributed by atoms with van der Waals surface area (Å²) in [7, 11) is -14.6. The molecule has 0 amide bonds. The number of halogens is 3. The van der Waals surface area contributed by atoms with Crippen molar-refractivity contribution in [3.8, 4) is 0 Å². The largest absolute Gasteiger partial charge is 0.373 e. The zero-order chi connectivity index (χ0) is 79.1. The SMILES string of the molecule is Brc1ccc2cc1CN1Cc3cc(ccc3Br)N[P+](c3ccccc3)(c3ccccc3)C(c3ccc(C(CP(c4ccccc4)c4ccccc4)(CP(c4ccccc4)c4ccccc4)CP(c4ccccc4)c4ccccc4)cc3)([P+](c3ccccc3)(c3ccccc3)N2)[P+](c2ccccc2)(c2ccccc2)Nc2ccc(Br)c(c2)C1. The fourth-order valence-corrected chi connectivity index (χ4v) is 49.6. The molecule has 3 aliphatic heterocycles. The van der Waals surface area contributed by atoms with E-state index in [-0.39, 0.29) is 0 Å². The zero-order valence-corrected chi connectivity index (χ0v) is 74.8. The van der Waals surface area contributed by atoms with Gasteiger partial charge < -0.3 is 0 Å². The Kier molecular flexibility index (Phi) is 23.9. The molecular formula is C104H88Br3N4P6+3. The van der Waals surface area contributed by atoms with Crippen LogP contribution in [0, 0.1) is 0 Å². The summed E-state index contributed by atoms with van der Waals surface area (Å²) in [6, 6.07) is 173. The van der Waals surface area contributed by atoms with Crippen LogP contribution >= 0.6 is 93.8 Å². The van der Waals surface area contributed by atoms with Crippen molar-refractivity contribution in [3.05, 3.63) is 484 Å². The van der Waals surface area contributed by atoms with Crippen LogP contribution in [0.1, 0.15) is 27.8 Å². The summed E-state index contributed by atoms with van der Waals surface area (Å²) >= 11 is 12.9. The Morgan fingerprint density at radius 2 is 0.462 bits per heavy atom. The van der Waals surface area contributed by atoms with Crippen molar-refractivity contribution < 1.29 is 0 Å². The maximum atomic E-state index is 5.09. The molecule has 16 aromatic carbocycles. The Hall–Kier alpha value is -9.10. The van der Waals surface area contributed by atoms with Crippen LogP contribution in [0.5, 0.6) is 0 Å². The second kappa shape index (κ2) is 35.4. The molecule has 8 bridgehead atoms. The van der Waals surface area contributed by atoms with Gasteiger partial charge in [0.2, 0.25) is 0 Å². The van der Waals surface area contributed by atoms with Crippen LogP contribution in [0.15, 0.2) is 456 Å². The van der Waals surface area contributed by atoms with E-state index in [4.69, 9.17) is 15.3 Å². The van der Waals surface area contributed by atoms with Crippen LogP contribution in [-0.4, -0.2) is 23.4 Å². The summed E-state index contributed by atoms with van der Waals surface area (Å²) in [5.74, 6) is 0. The minimum absolute atomic E-state index is 0.561. The van der Waals surface area contributed by atoms with Crippen LogP contribution in [0.2, 0.25) is 0 Å². The lowest BCUT2D eigenvalue weighted by atomic mass is 9.85. The van der Waals surface area contributed by atoms with E-state index in [9.17, 15) is 0 Å². The molecule has 117 heavy (non-hydrogen) atoms. The highest BCUT2D eigenvalue weighted by molar-refractivity contribution is 9.11. The first-order valence-corrected chi connectivity index (χ1v) is 52.2. The van der Waals surface area contributed by atoms with Crippen molar-refractivity contribution in [1.82, 2.24) is 4.90 Å². The third-order valence-corrected chi connectivity index (χ3v) is 51.0. The molecule has 19 rings (SSSR count). The van der Waals surface area contributed by atoms with Crippen LogP contribution in [-0.2, 0) is 29.7 Å². The highest BCUT2D eigenvalue weighted by Crippen LogP contribution is 3.01. The standard InChI is InChI=1S/C104H88Br3N4P6/c105-100-68-65-85-71-80(100)74-111-75-81-72-86(66-69-101(81)106)109-116(96-53-29-9-30-54-96,97-55-31-10-32-56-97)104(115(108-85,94-49-25-7-26-50-94)95-51-27-8-28-52-95,117(98-57-33-11-34-58-98,99-59-35-12-36-60-99)110-87-67-70-102(107)82(73-87)76-111)84-63-61-83(62-64-84)103(77-112(88-37-13-1-14-38-88)89-39-15-2-16-40-89,78-113(90-41-17-3-18-42-90)91-43-19-4-20-44-91)79-114(92-45-21-5-22-46-92)93-47-23-6-24-48-93/h1-73,108-110H,74-79H2/q+3. The van der Waals surface area contributed by atoms with E-state index in [1.165, 1.54) is 91.5 Å². The summed E-state index contributed by atoms with van der Waals surface area (Å²) < 4.78 is 1.90. The van der Waals surface area contributed by atoms with Gasteiger partial charge in [0.05, 0.1) is 22.6 Å². The molecule has 3 heterocycles. The Balaban J connectivity index is 1.10. The van der Waals surface area contributed by atoms with Crippen molar-refractivity contribution in [2.45, 2.75) is 29.7 Å². The maximum absolute atomic E-state index is 5.09. The molecule has 0 saturated heterocycles. The number of benzene rings is 16. The van der Waals surface area contributed by atoms with Crippen LogP contribution in [0.4, 0.5) is 17.1 Å². The molecule has 0 unspecified atom stereocenters. The first-order valence-electron chi connectivity index (χ1n) is 39.8. The van der Waals surface area contributed by atoms with E-state index in [1.807, 2.05) is 0 Å². The number of hydrogen-bond donors (Lipinski definition) is 3. The van der Waals surface area contributed by atoms with Gasteiger partial charge in [-0.05, 0) is 236 Å². The van der Waals surface area contributed by atoms with Crippen molar-refractivity contribution in [2.75, 3.05) is 33.7 Å². The van der Waals surface area contributed by atoms with Gasteiger partial charge in [-0.15, -0.1) is 0 Å². The Morgan fingerprint density at radius 1 is 0.256 bits per heavy atom. The average molecular weight is 1820 g/mol. The van der Waals surface area contributed by atoms with E-state index in [2.05, 4.69) is 496 Å². The molecule has 0 fully saturated rings. The lowest BCUT2D eigenvalue weighted by molar-refractivity contribution is 0.246. The quantitative estimate of drug-likeness (QED) is 0.0665. The predicted molar refractivity (Wildman–Crippen MR) is 525 cm³/mol. The van der Waals surface area contributed by atoms with Crippen LogP contribution < -0.4 is 78.9 Å². The monoisotopic (exact) mass is 1820 g/mol. The normalized spacial score (nSPS) is 16.1. The molecule has 0 aliphatic carbocycles. The van der Waals surface area contributed by atoms with Gasteiger partial charge >= 0.3 is 4.64 Å². The van der Waals surface area contributed by atoms with E-state index >= 15 is 0 Å². The Bertz CT molecular complexity index is 5200. The van der Waals surface area contributed by atoms with Gasteiger partial charge in [-0.2, -0.15) is 0 Å². The topological polar surface area (TPSA) is 39.3 Å². The van der Waals surface area contributed by atoms with Crippen molar-refractivity contribution in [1.29, 1.82) is 0 Å². The number of hydrogen-bond acceptors (Lipinski definition) is 4. The molecule has 13 heteroatoms. The molecule has 0 saturated carbocycles. The lowest BCUT2D eigenvalue weighted by Gasteiger charge is -2.53. The minimum Gasteiger partial charge on any atom is -0.290 e. The van der Waals surface area contributed by atoms with Gasteiger partial charge in [-0.25, -0.2) is 15.3 Å². The highest BCUT2D eigenvalue weighted by atomic mass is 79.9. The summed E-state index contributed by atoms with van der Waals surface area (Å²) in [5.41, 5.74) is 8.58. The van der Waals surface area contributed by atoms with Gasteiger partial charge in [0.25, 0.3) is 22.2 Å². The molecule has 0 atom stereocenters. The molecule has 4 nitrogen and oxygen atoms in total. The second-order valence-corrected chi connectivity index (χ2v) is 50.2. The first-order chi connectivity index (χ1) is 57.6. The van der Waals surface area contributed by atoms with Gasteiger partial charge in [-0.3, -0.25) is 4.90 Å². The van der Waals surface area contributed by atoms with Gasteiger partial charge in [0.1, 0.15) is 31.8 Å². The maximum Gasteiger partial charge on any atom is 0.373 e. The van der Waals surface area contributed by atoms with E-state index in [1.54, 1.807) is 0 Å². The lowest BCUT2D eigenvalue weighted by Crippen LogP contribution is -2.58. The van der Waals surface area contributed by atoms with E-state index in [0.717, 1.165) is 49.0 Å². The third-order valence-electron chi connectivity index (χ3n) is 23.1. The van der Waals surface area contributed by atoms with Crippen LogP contribution in [0.25, 0.3) is 0 Å². The molecular weight excluding hydrogens is 1730 g/mol. The smallest absolute Gasteiger partial charge is 0.290 e. The second-order valence-electron chi connectivity index (χ2n) is 30.2. The fourth-order valence-electron chi connectivity index (χ4n) is 18.1. The van der Waals surface area contributed by atoms with Crippen LogP contribution in [0.3, 0.4) is 0 Å². The first kappa shape index (κ1) is 79.0. The number of nitrogens with one attached hydrogen (secondary N) is 3. The summed E-state index contributed by atoms with van der Waals surface area (Å²) in [4.78, 5) is 2.61. The molecule has 0 aromatic heterocycles. The number of nitrogens with zero attached hydrogens (tertiary/aromatic N) is 1. The van der Waals surface area contributed by atoms with Crippen molar-refractivity contribution in [2.24, 2.45) is 0 Å². The number of rotatable bonds is 20. The summed E-state index contributed by atoms with van der Waals surface area (Å²) in [5, 5.41) is 30.7. The Morgan fingerprint density at radius 3 is 0.675 bits per heavy atom. The van der Waals surface area contributed by atoms with Crippen molar-refractivity contribution >= 4 is 175 Å². The average Bonchev–Trinajstić information content (AvgIpc) is 0.643. The zero-order valence-electron chi connectivity index (χ0n) is 64.7. The van der Waals surface area contributed by atoms with Gasteiger partial charge in [-0.1, -0.05) is 351 Å². The molecule has 3 N–H and O–H groups in total. The van der Waals surface area contributed by atoms with E-state index in [0.29, 0.717) is 19.6 Å². The fraction of sp³-hybridized carbons (Fsp3) is 0.0769. The third kappa shape index (κ3) is 15.3. The molecule has 0 spiro atoms. The highest BCUT2D eigenvalue weighted by Gasteiger charge is 2.94. The number of fused-ring (bicyclic) bond motifs is 3. The molecule has 572 valence electrons. The van der Waals surface area contributed by atoms with Gasteiger partial charge in [0.15, 0.2) is 0 Å². The molecule has 3 aliphatic rings. The van der Waals surface area contributed by atoms with E-state index < -0.39 is 56.1 Å². The number of anilines is 3. The predicted octanol–water partition coefficient (Wildman–Crippen LogP) is 23.6. The minimum atomic E-state index is -3.80. The molecule has 16 aromatic rings. The van der Waals surface area contributed by atoms with Crippen molar-refractivity contribution in [3.63, 3.8) is 0 Å². The molecule has 0 radical (unpaired) electrons. The van der Waals surface area contributed by atoms with Gasteiger partial charge in [0, 0.05) is 38.5 Å². The Labute approximate surface area is 720 Å². The summed E-state index contributed by atoms with van der Waals surface area (Å²) in [6.07, 6.45) is 2.60.